The van der Waals surface area contributed by atoms with Gasteiger partial charge in [-0.15, -0.1) is 0 Å². The van der Waals surface area contributed by atoms with Gasteiger partial charge < -0.3 is 9.47 Å². The van der Waals surface area contributed by atoms with E-state index in [1.165, 1.54) is 56.1 Å². The summed E-state index contributed by atoms with van der Waals surface area (Å²) in [5, 5.41) is 0. The second kappa shape index (κ2) is 11.3. The first-order chi connectivity index (χ1) is 15.3. The fourth-order valence-corrected chi connectivity index (χ4v) is 4.82. The lowest BCUT2D eigenvalue weighted by molar-refractivity contribution is 0.193. The van der Waals surface area contributed by atoms with Crippen LogP contribution in [0.15, 0.2) is 48.7 Å². The first-order valence-electron chi connectivity index (χ1n) is 11.9. The Morgan fingerprint density at radius 1 is 1.00 bits per heavy atom. The van der Waals surface area contributed by atoms with Crippen molar-refractivity contribution in [3.05, 3.63) is 59.8 Å². The zero-order valence-corrected chi connectivity index (χ0v) is 18.8. The third-order valence-electron chi connectivity index (χ3n) is 6.74. The number of nitrogens with zero attached hydrogens (tertiary/aromatic N) is 2. The quantitative estimate of drug-likeness (QED) is 0.526. The summed E-state index contributed by atoms with van der Waals surface area (Å²) in [6, 6.07) is 12.6. The van der Waals surface area contributed by atoms with Crippen LogP contribution in [0, 0.1) is 11.8 Å². The number of rotatable bonds is 8. The summed E-state index contributed by atoms with van der Waals surface area (Å²) in [4.78, 5) is 6.83. The van der Waals surface area contributed by atoms with Crippen molar-refractivity contribution in [2.24, 2.45) is 11.8 Å². The van der Waals surface area contributed by atoms with Crippen LogP contribution in [0.2, 0.25) is 0 Å². The van der Waals surface area contributed by atoms with Gasteiger partial charge in [-0.3, -0.25) is 4.90 Å². The summed E-state index contributed by atoms with van der Waals surface area (Å²) in [6.45, 7) is 3.98. The van der Waals surface area contributed by atoms with Gasteiger partial charge in [0, 0.05) is 23.9 Å². The number of para-hydroxylation sites is 1. The molecule has 1 aromatic carbocycles. The highest BCUT2D eigenvalue weighted by Crippen LogP contribution is 2.28. The van der Waals surface area contributed by atoms with Crippen molar-refractivity contribution in [2.45, 2.75) is 51.5 Å². The molecule has 31 heavy (non-hydrogen) atoms. The molecule has 0 spiro atoms. The number of ether oxygens (including phenoxy) is 2. The monoisotopic (exact) mass is 420 g/mol. The molecular formula is C27H36N2O2. The lowest BCUT2D eigenvalue weighted by atomic mass is 9.90. The Kier molecular flexibility index (Phi) is 8.00. The van der Waals surface area contributed by atoms with Crippen LogP contribution in [-0.2, 0) is 6.54 Å². The zero-order chi connectivity index (χ0) is 21.3. The van der Waals surface area contributed by atoms with Gasteiger partial charge in [-0.2, -0.15) is 0 Å². The minimum absolute atomic E-state index is 0.624. The van der Waals surface area contributed by atoms with Crippen LogP contribution in [0.3, 0.4) is 0 Å². The lowest BCUT2D eigenvalue weighted by Gasteiger charge is -2.30. The molecule has 0 unspecified atom stereocenters. The van der Waals surface area contributed by atoms with Crippen LogP contribution >= 0.6 is 0 Å². The van der Waals surface area contributed by atoms with Crippen molar-refractivity contribution in [2.75, 3.05) is 26.8 Å². The summed E-state index contributed by atoms with van der Waals surface area (Å²) in [7, 11) is 1.69. The molecule has 0 amide bonds. The zero-order valence-electron chi connectivity index (χ0n) is 18.8. The molecule has 0 bridgehead atoms. The van der Waals surface area contributed by atoms with E-state index in [1.807, 2.05) is 6.07 Å². The molecule has 166 valence electrons. The molecule has 0 N–H and O–H groups in total. The van der Waals surface area contributed by atoms with Gasteiger partial charge in [0.2, 0.25) is 5.88 Å². The normalized spacial score (nSPS) is 19.0. The minimum atomic E-state index is 0.624. The standard InChI is InChI=1S/C27H36N2O2/c1-30-27-25(11-7-17-28-27)20-29-18-15-22(16-19-29)13-14-24-10-5-6-12-26(24)31-21-23-8-3-2-4-9-23/h5-7,10-14,17,22-23H,2-4,8-9,15-16,18-21H2,1H3. The first kappa shape index (κ1) is 21.9. The maximum Gasteiger partial charge on any atom is 0.217 e. The number of benzene rings is 1. The van der Waals surface area contributed by atoms with Crippen molar-refractivity contribution >= 4 is 6.08 Å². The molecular weight excluding hydrogens is 384 g/mol. The van der Waals surface area contributed by atoms with Gasteiger partial charge >= 0.3 is 0 Å². The van der Waals surface area contributed by atoms with E-state index in [2.05, 4.69) is 52.4 Å². The number of pyridine rings is 1. The molecule has 4 heteroatoms. The van der Waals surface area contributed by atoms with Crippen molar-refractivity contribution in [3.8, 4) is 11.6 Å². The molecule has 2 aromatic rings. The third kappa shape index (κ3) is 6.33. The number of allylic oxidation sites excluding steroid dienone is 1. The molecule has 2 heterocycles. The maximum absolute atomic E-state index is 6.24. The number of likely N-dealkylation sites (tertiary alicyclic amines) is 1. The Balaban J connectivity index is 1.28. The SMILES string of the molecule is COc1ncccc1CN1CCC(C=Cc2ccccc2OCC2CCCCC2)CC1. The smallest absolute Gasteiger partial charge is 0.217 e. The van der Waals surface area contributed by atoms with E-state index in [1.54, 1.807) is 13.3 Å². The Bertz CT molecular complexity index is 837. The molecule has 2 aliphatic rings. The van der Waals surface area contributed by atoms with E-state index in [0.717, 1.165) is 43.8 Å². The summed E-state index contributed by atoms with van der Waals surface area (Å²) in [6.07, 6.45) is 15.6. The highest BCUT2D eigenvalue weighted by Gasteiger charge is 2.19. The van der Waals surface area contributed by atoms with Crippen molar-refractivity contribution < 1.29 is 9.47 Å². The summed E-state index contributed by atoms with van der Waals surface area (Å²) >= 11 is 0. The van der Waals surface area contributed by atoms with Crippen LogP contribution in [0.25, 0.3) is 6.08 Å². The predicted molar refractivity (Wildman–Crippen MR) is 126 cm³/mol. The molecule has 1 aromatic heterocycles. The second-order valence-corrected chi connectivity index (χ2v) is 9.00. The van der Waals surface area contributed by atoms with Gasteiger partial charge in [0.25, 0.3) is 0 Å². The molecule has 1 aliphatic carbocycles. The average molecular weight is 421 g/mol. The first-order valence-corrected chi connectivity index (χ1v) is 11.9. The van der Waals surface area contributed by atoms with Crippen molar-refractivity contribution in [1.82, 2.24) is 9.88 Å². The molecule has 4 rings (SSSR count). The van der Waals surface area contributed by atoms with Crippen molar-refractivity contribution in [1.29, 1.82) is 0 Å². The van der Waals surface area contributed by atoms with Gasteiger partial charge in [0.05, 0.1) is 13.7 Å². The molecule has 1 aliphatic heterocycles. The molecule has 1 saturated carbocycles. The molecule has 0 atom stereocenters. The molecule has 0 radical (unpaired) electrons. The largest absolute Gasteiger partial charge is 0.493 e. The fourth-order valence-electron chi connectivity index (χ4n) is 4.82. The second-order valence-electron chi connectivity index (χ2n) is 9.00. The van der Waals surface area contributed by atoms with Gasteiger partial charge in [-0.25, -0.2) is 4.98 Å². The van der Waals surface area contributed by atoms with Crippen LogP contribution < -0.4 is 9.47 Å². The Morgan fingerprint density at radius 3 is 2.61 bits per heavy atom. The lowest BCUT2D eigenvalue weighted by Crippen LogP contribution is -2.32. The minimum Gasteiger partial charge on any atom is -0.493 e. The highest BCUT2D eigenvalue weighted by molar-refractivity contribution is 5.57. The Morgan fingerprint density at radius 2 is 1.81 bits per heavy atom. The number of hydrogen-bond acceptors (Lipinski definition) is 4. The highest BCUT2D eigenvalue weighted by atomic mass is 16.5. The van der Waals surface area contributed by atoms with E-state index < -0.39 is 0 Å². The molecule has 4 nitrogen and oxygen atoms in total. The van der Waals surface area contributed by atoms with Crippen LogP contribution in [-0.4, -0.2) is 36.7 Å². The van der Waals surface area contributed by atoms with E-state index in [4.69, 9.17) is 9.47 Å². The van der Waals surface area contributed by atoms with Crippen LogP contribution in [0.1, 0.15) is 56.1 Å². The van der Waals surface area contributed by atoms with Gasteiger partial charge in [-0.1, -0.05) is 55.7 Å². The van der Waals surface area contributed by atoms with E-state index in [9.17, 15) is 0 Å². The van der Waals surface area contributed by atoms with Crippen LogP contribution in [0.4, 0.5) is 0 Å². The maximum atomic E-state index is 6.24. The van der Waals surface area contributed by atoms with E-state index >= 15 is 0 Å². The Labute approximate surface area is 187 Å². The fraction of sp³-hybridized carbons (Fsp3) is 0.519. The predicted octanol–water partition coefficient (Wildman–Crippen LogP) is 5.97. The molecule has 1 saturated heterocycles. The third-order valence-corrected chi connectivity index (χ3v) is 6.74. The number of piperidine rings is 1. The van der Waals surface area contributed by atoms with E-state index in [-0.39, 0.29) is 0 Å². The summed E-state index contributed by atoms with van der Waals surface area (Å²) in [5.41, 5.74) is 2.38. The van der Waals surface area contributed by atoms with Gasteiger partial charge in [0.1, 0.15) is 5.75 Å². The summed E-state index contributed by atoms with van der Waals surface area (Å²) in [5.74, 6) is 3.13. The van der Waals surface area contributed by atoms with Gasteiger partial charge in [0.15, 0.2) is 0 Å². The average Bonchev–Trinajstić information content (AvgIpc) is 2.84. The number of hydrogen-bond donors (Lipinski definition) is 0. The summed E-state index contributed by atoms with van der Waals surface area (Å²) < 4.78 is 11.6. The molecule has 2 fully saturated rings. The van der Waals surface area contributed by atoms with Gasteiger partial charge in [-0.05, 0) is 62.7 Å². The van der Waals surface area contributed by atoms with Crippen LogP contribution in [0.5, 0.6) is 11.6 Å². The number of methoxy groups -OCH3 is 1. The number of aromatic nitrogens is 1. The van der Waals surface area contributed by atoms with Crippen molar-refractivity contribution in [3.63, 3.8) is 0 Å². The van der Waals surface area contributed by atoms with E-state index in [0.29, 0.717) is 5.92 Å². The topological polar surface area (TPSA) is 34.6 Å². The Hall–Kier alpha value is -2.33.